The molecule has 0 aliphatic heterocycles. The van der Waals surface area contributed by atoms with Gasteiger partial charge in [-0.05, 0) is 25.1 Å². The topological polar surface area (TPSA) is 79.7 Å². The summed E-state index contributed by atoms with van der Waals surface area (Å²) in [4.78, 5) is 30.0. The third kappa shape index (κ3) is 2.72. The highest BCUT2D eigenvalue weighted by molar-refractivity contribution is 6.00. The molecule has 2 aromatic heterocycles. The molecule has 0 saturated carbocycles. The van der Waals surface area contributed by atoms with E-state index < -0.39 is 0 Å². The van der Waals surface area contributed by atoms with Crippen LogP contribution in [0.1, 0.15) is 28.9 Å². The standard InChI is InChI=1S/C21H20N4O3/c1-13(14-8-5-7-11-18(14)28-3)24(2)21(27)16-12-22-25-17-10-6-4-9-15(17)20(26)23-19(16)25/h4-13H,1-3H3,(H,23,26). The van der Waals surface area contributed by atoms with E-state index in [9.17, 15) is 9.59 Å². The number of amides is 1. The van der Waals surface area contributed by atoms with Crippen molar-refractivity contribution in [3.63, 3.8) is 0 Å². The number of nitrogens with zero attached hydrogens (tertiary/aromatic N) is 3. The summed E-state index contributed by atoms with van der Waals surface area (Å²) in [5, 5.41) is 4.85. The first-order valence-electron chi connectivity index (χ1n) is 8.91. The lowest BCUT2D eigenvalue weighted by atomic mass is 10.1. The van der Waals surface area contributed by atoms with E-state index in [0.29, 0.717) is 27.9 Å². The van der Waals surface area contributed by atoms with Gasteiger partial charge in [0.2, 0.25) is 0 Å². The molecule has 142 valence electrons. The zero-order valence-corrected chi connectivity index (χ0v) is 15.8. The Labute approximate surface area is 161 Å². The van der Waals surface area contributed by atoms with Crippen LogP contribution in [0.25, 0.3) is 16.6 Å². The molecule has 0 spiro atoms. The average molecular weight is 376 g/mol. The lowest BCUT2D eigenvalue weighted by Gasteiger charge is -2.26. The van der Waals surface area contributed by atoms with Crippen molar-refractivity contribution in [1.29, 1.82) is 0 Å². The molecule has 0 bridgehead atoms. The van der Waals surface area contributed by atoms with Crippen molar-refractivity contribution in [1.82, 2.24) is 19.5 Å². The highest BCUT2D eigenvalue weighted by Gasteiger charge is 2.25. The minimum atomic E-state index is -0.252. The number of rotatable bonds is 4. The first-order chi connectivity index (χ1) is 13.5. The summed E-state index contributed by atoms with van der Waals surface area (Å²) in [7, 11) is 3.33. The lowest BCUT2D eigenvalue weighted by Crippen LogP contribution is -2.30. The monoisotopic (exact) mass is 376 g/mol. The number of ether oxygens (including phenoxy) is 1. The molecule has 0 aliphatic carbocycles. The molecule has 7 heteroatoms. The van der Waals surface area contributed by atoms with E-state index in [-0.39, 0.29) is 17.5 Å². The number of carbonyl (C=O) groups is 1. The van der Waals surface area contributed by atoms with Gasteiger partial charge in [0.1, 0.15) is 17.0 Å². The van der Waals surface area contributed by atoms with Crippen molar-refractivity contribution in [3.05, 3.63) is 76.2 Å². The Hall–Kier alpha value is -3.61. The minimum Gasteiger partial charge on any atom is -0.496 e. The van der Waals surface area contributed by atoms with Crippen LogP contribution in [0.2, 0.25) is 0 Å². The van der Waals surface area contributed by atoms with Crippen LogP contribution in [0.15, 0.2) is 59.5 Å². The molecular formula is C21H20N4O3. The molecule has 0 saturated heterocycles. The summed E-state index contributed by atoms with van der Waals surface area (Å²) in [5.74, 6) is 0.480. The van der Waals surface area contributed by atoms with E-state index in [4.69, 9.17) is 4.74 Å². The molecule has 0 aliphatic rings. The summed E-state index contributed by atoms with van der Waals surface area (Å²) in [5.41, 5.74) is 2.02. The van der Waals surface area contributed by atoms with Crippen molar-refractivity contribution in [2.45, 2.75) is 13.0 Å². The number of methoxy groups -OCH3 is 1. The summed E-state index contributed by atoms with van der Waals surface area (Å²) >= 11 is 0. The fourth-order valence-corrected chi connectivity index (χ4v) is 3.42. The molecule has 1 amide bonds. The molecule has 4 aromatic rings. The Balaban J connectivity index is 1.77. The number of H-pyrrole nitrogens is 1. The molecule has 28 heavy (non-hydrogen) atoms. The number of carbonyl (C=O) groups excluding carboxylic acids is 1. The Morgan fingerprint density at radius 1 is 1.18 bits per heavy atom. The molecule has 1 N–H and O–H groups in total. The molecule has 0 fully saturated rings. The number of para-hydroxylation sites is 2. The maximum atomic E-state index is 13.2. The fraction of sp³-hybridized carbons (Fsp3) is 0.190. The second-order valence-corrected chi connectivity index (χ2v) is 6.62. The highest BCUT2D eigenvalue weighted by atomic mass is 16.5. The van der Waals surface area contributed by atoms with Crippen LogP contribution >= 0.6 is 0 Å². The van der Waals surface area contributed by atoms with Gasteiger partial charge < -0.3 is 14.6 Å². The summed E-state index contributed by atoms with van der Waals surface area (Å²) in [6.07, 6.45) is 1.49. The maximum absolute atomic E-state index is 13.2. The molecule has 1 atom stereocenters. The Kier molecular flexibility index (Phi) is 4.35. The summed E-state index contributed by atoms with van der Waals surface area (Å²) in [6.45, 7) is 1.93. The summed E-state index contributed by atoms with van der Waals surface area (Å²) < 4.78 is 7.01. The van der Waals surface area contributed by atoms with Crippen LogP contribution < -0.4 is 10.3 Å². The predicted molar refractivity (Wildman–Crippen MR) is 107 cm³/mol. The van der Waals surface area contributed by atoms with Gasteiger partial charge in [-0.3, -0.25) is 9.59 Å². The van der Waals surface area contributed by atoms with Crippen LogP contribution in [0.3, 0.4) is 0 Å². The van der Waals surface area contributed by atoms with Crippen molar-refractivity contribution in [2.75, 3.05) is 14.2 Å². The van der Waals surface area contributed by atoms with Gasteiger partial charge in [-0.2, -0.15) is 5.10 Å². The van der Waals surface area contributed by atoms with Crippen LogP contribution in [0.5, 0.6) is 5.75 Å². The Morgan fingerprint density at radius 3 is 2.68 bits per heavy atom. The number of aromatic amines is 1. The third-order valence-electron chi connectivity index (χ3n) is 5.10. The van der Waals surface area contributed by atoms with Gasteiger partial charge in [0.25, 0.3) is 11.5 Å². The molecule has 2 heterocycles. The zero-order chi connectivity index (χ0) is 19.8. The molecule has 1 unspecified atom stereocenters. The van der Waals surface area contributed by atoms with Gasteiger partial charge in [0.15, 0.2) is 0 Å². The van der Waals surface area contributed by atoms with E-state index in [0.717, 1.165) is 5.56 Å². The smallest absolute Gasteiger partial charge is 0.259 e. The Bertz CT molecular complexity index is 1240. The third-order valence-corrected chi connectivity index (χ3v) is 5.10. The van der Waals surface area contributed by atoms with Crippen LogP contribution in [0, 0.1) is 0 Å². The van der Waals surface area contributed by atoms with Gasteiger partial charge in [-0.25, -0.2) is 4.52 Å². The number of aromatic nitrogens is 3. The maximum Gasteiger partial charge on any atom is 0.259 e. The number of benzene rings is 2. The van der Waals surface area contributed by atoms with Crippen molar-refractivity contribution >= 4 is 22.5 Å². The predicted octanol–water partition coefficient (Wildman–Crippen LogP) is 3.02. The van der Waals surface area contributed by atoms with Crippen LogP contribution in [-0.4, -0.2) is 39.6 Å². The minimum absolute atomic E-state index is 0.231. The second-order valence-electron chi connectivity index (χ2n) is 6.62. The van der Waals surface area contributed by atoms with Crippen molar-refractivity contribution in [3.8, 4) is 5.75 Å². The average Bonchev–Trinajstić information content (AvgIpc) is 3.16. The van der Waals surface area contributed by atoms with E-state index in [1.807, 2.05) is 37.3 Å². The number of fused-ring (bicyclic) bond motifs is 3. The van der Waals surface area contributed by atoms with E-state index >= 15 is 0 Å². The van der Waals surface area contributed by atoms with Crippen LogP contribution in [0.4, 0.5) is 0 Å². The van der Waals surface area contributed by atoms with Crippen molar-refractivity contribution in [2.24, 2.45) is 0 Å². The van der Waals surface area contributed by atoms with Gasteiger partial charge >= 0.3 is 0 Å². The van der Waals surface area contributed by atoms with Crippen molar-refractivity contribution < 1.29 is 9.53 Å². The zero-order valence-electron chi connectivity index (χ0n) is 15.8. The molecular weight excluding hydrogens is 356 g/mol. The SMILES string of the molecule is COc1ccccc1C(C)N(C)C(=O)c1cnn2c1[nH]c(=O)c1ccccc12. The molecule has 4 rings (SSSR count). The lowest BCUT2D eigenvalue weighted by molar-refractivity contribution is 0.0743. The number of hydrogen-bond acceptors (Lipinski definition) is 4. The van der Waals surface area contributed by atoms with Crippen LogP contribution in [-0.2, 0) is 0 Å². The van der Waals surface area contributed by atoms with Gasteiger partial charge in [0, 0.05) is 12.6 Å². The van der Waals surface area contributed by atoms with E-state index in [1.54, 1.807) is 41.8 Å². The quantitative estimate of drug-likeness (QED) is 0.594. The molecule has 2 aromatic carbocycles. The first kappa shape index (κ1) is 17.8. The second kappa shape index (κ2) is 6.84. The normalized spacial score (nSPS) is 12.2. The summed E-state index contributed by atoms with van der Waals surface area (Å²) in [6, 6.07) is 14.5. The molecule has 0 radical (unpaired) electrons. The van der Waals surface area contributed by atoms with E-state index in [1.165, 1.54) is 6.20 Å². The highest BCUT2D eigenvalue weighted by Crippen LogP contribution is 2.29. The van der Waals surface area contributed by atoms with Gasteiger partial charge in [-0.15, -0.1) is 0 Å². The van der Waals surface area contributed by atoms with Gasteiger partial charge in [0.05, 0.1) is 30.3 Å². The Morgan fingerprint density at radius 2 is 1.89 bits per heavy atom. The first-order valence-corrected chi connectivity index (χ1v) is 8.91. The van der Waals surface area contributed by atoms with E-state index in [2.05, 4.69) is 10.1 Å². The van der Waals surface area contributed by atoms with Gasteiger partial charge in [-0.1, -0.05) is 30.3 Å². The largest absolute Gasteiger partial charge is 0.496 e. The number of hydrogen-bond donors (Lipinski definition) is 1. The fourth-order valence-electron chi connectivity index (χ4n) is 3.42. The molecule has 7 nitrogen and oxygen atoms in total. The number of nitrogens with one attached hydrogen (secondary N) is 1.